The third-order valence-electron chi connectivity index (χ3n) is 3.92. The Morgan fingerprint density at radius 1 is 1.35 bits per heavy atom. The summed E-state index contributed by atoms with van der Waals surface area (Å²) in [4.78, 5) is 26.3. The molecule has 2 aromatic heterocycles. The van der Waals surface area contributed by atoms with Crippen molar-refractivity contribution >= 4 is 11.9 Å². The summed E-state index contributed by atoms with van der Waals surface area (Å²) in [6.45, 7) is 2.19. The topological polar surface area (TPSA) is 71.0 Å². The highest BCUT2D eigenvalue weighted by Gasteiger charge is 2.22. The van der Waals surface area contributed by atoms with Crippen molar-refractivity contribution in [2.75, 3.05) is 24.5 Å². The Labute approximate surface area is 133 Å². The number of pyridine rings is 1. The first-order valence-corrected chi connectivity index (χ1v) is 7.63. The van der Waals surface area contributed by atoms with Crippen molar-refractivity contribution in [3.05, 3.63) is 48.3 Å². The predicted octanol–water partition coefficient (Wildman–Crippen LogP) is 1.66. The first kappa shape index (κ1) is 15.3. The van der Waals surface area contributed by atoms with Crippen molar-refractivity contribution in [1.82, 2.24) is 20.3 Å². The van der Waals surface area contributed by atoms with Crippen LogP contribution in [0, 0.1) is 11.7 Å². The van der Waals surface area contributed by atoms with Crippen LogP contribution in [0.15, 0.2) is 36.9 Å². The zero-order valence-corrected chi connectivity index (χ0v) is 12.7. The number of nitrogens with zero attached hydrogens (tertiary/aromatic N) is 4. The quantitative estimate of drug-likeness (QED) is 0.929. The summed E-state index contributed by atoms with van der Waals surface area (Å²) < 4.78 is 13.5. The summed E-state index contributed by atoms with van der Waals surface area (Å²) >= 11 is 0. The van der Waals surface area contributed by atoms with E-state index in [1.807, 2.05) is 0 Å². The maximum atomic E-state index is 13.5. The fraction of sp³-hybridized carbons (Fsp3) is 0.375. The number of anilines is 1. The molecule has 0 radical (unpaired) electrons. The summed E-state index contributed by atoms with van der Waals surface area (Å²) in [5.41, 5.74) is 0.0269. The third-order valence-corrected chi connectivity index (χ3v) is 3.92. The van der Waals surface area contributed by atoms with E-state index in [0.29, 0.717) is 18.4 Å². The van der Waals surface area contributed by atoms with Crippen molar-refractivity contribution in [2.45, 2.75) is 12.8 Å². The number of hydrogen-bond acceptors (Lipinski definition) is 5. The van der Waals surface area contributed by atoms with Crippen LogP contribution in [0.5, 0.6) is 0 Å². The van der Waals surface area contributed by atoms with Gasteiger partial charge in [-0.3, -0.25) is 9.78 Å². The van der Waals surface area contributed by atoms with Gasteiger partial charge in [0.2, 0.25) is 5.95 Å². The number of amides is 1. The highest BCUT2D eigenvalue weighted by Crippen LogP contribution is 2.19. The van der Waals surface area contributed by atoms with E-state index in [1.54, 1.807) is 18.5 Å². The molecule has 7 heteroatoms. The van der Waals surface area contributed by atoms with Crippen LogP contribution in [0.2, 0.25) is 0 Å². The predicted molar refractivity (Wildman–Crippen MR) is 83.5 cm³/mol. The lowest BCUT2D eigenvalue weighted by molar-refractivity contribution is 0.0941. The number of hydrogen-bond donors (Lipinski definition) is 1. The Morgan fingerprint density at radius 2 is 2.17 bits per heavy atom. The maximum absolute atomic E-state index is 13.5. The van der Waals surface area contributed by atoms with Gasteiger partial charge in [-0.2, -0.15) is 0 Å². The molecular weight excluding hydrogens is 297 g/mol. The Hall–Kier alpha value is -2.57. The number of halogens is 1. The molecule has 3 rings (SSSR count). The van der Waals surface area contributed by atoms with Crippen molar-refractivity contribution in [3.8, 4) is 0 Å². The SMILES string of the molecule is O=C(NCC1CCCN(c2ncccn2)C1)c1ccncc1F. The lowest BCUT2D eigenvalue weighted by Gasteiger charge is -2.32. The molecule has 120 valence electrons. The molecular formula is C16H18FN5O. The molecule has 2 aromatic rings. The second kappa shape index (κ2) is 7.13. The van der Waals surface area contributed by atoms with Crippen LogP contribution in [-0.2, 0) is 0 Å². The van der Waals surface area contributed by atoms with Crippen LogP contribution in [0.1, 0.15) is 23.2 Å². The summed E-state index contributed by atoms with van der Waals surface area (Å²) in [5.74, 6) is -0.00366. The van der Waals surface area contributed by atoms with Gasteiger partial charge < -0.3 is 10.2 Å². The van der Waals surface area contributed by atoms with E-state index in [-0.39, 0.29) is 5.56 Å². The van der Waals surface area contributed by atoms with Gasteiger partial charge in [-0.1, -0.05) is 0 Å². The average Bonchev–Trinajstić information content (AvgIpc) is 2.61. The molecule has 0 saturated carbocycles. The van der Waals surface area contributed by atoms with E-state index in [1.165, 1.54) is 12.3 Å². The highest BCUT2D eigenvalue weighted by molar-refractivity contribution is 5.94. The van der Waals surface area contributed by atoms with Crippen molar-refractivity contribution < 1.29 is 9.18 Å². The lowest BCUT2D eigenvalue weighted by atomic mass is 9.98. The number of carbonyl (C=O) groups excluding carboxylic acids is 1. The van der Waals surface area contributed by atoms with Crippen LogP contribution in [0.25, 0.3) is 0 Å². The van der Waals surface area contributed by atoms with Crippen molar-refractivity contribution in [1.29, 1.82) is 0 Å². The largest absolute Gasteiger partial charge is 0.352 e. The lowest BCUT2D eigenvalue weighted by Crippen LogP contribution is -2.41. The Kier molecular flexibility index (Phi) is 4.75. The summed E-state index contributed by atoms with van der Waals surface area (Å²) in [5, 5.41) is 2.81. The molecule has 0 aliphatic carbocycles. The van der Waals surface area contributed by atoms with Gasteiger partial charge in [0.05, 0.1) is 11.8 Å². The first-order valence-electron chi connectivity index (χ1n) is 7.63. The smallest absolute Gasteiger partial charge is 0.254 e. The van der Waals surface area contributed by atoms with Crippen molar-refractivity contribution in [2.24, 2.45) is 5.92 Å². The summed E-state index contributed by atoms with van der Waals surface area (Å²) in [6, 6.07) is 3.17. The average molecular weight is 315 g/mol. The van der Waals surface area contributed by atoms with Crippen LogP contribution < -0.4 is 10.2 Å². The van der Waals surface area contributed by atoms with Gasteiger partial charge in [-0.25, -0.2) is 14.4 Å². The fourth-order valence-electron chi connectivity index (χ4n) is 2.76. The molecule has 0 aromatic carbocycles. The zero-order valence-electron chi connectivity index (χ0n) is 12.7. The van der Waals surface area contributed by atoms with Gasteiger partial charge in [-0.05, 0) is 30.9 Å². The van der Waals surface area contributed by atoms with Gasteiger partial charge in [-0.15, -0.1) is 0 Å². The van der Waals surface area contributed by atoms with E-state index in [2.05, 4.69) is 25.2 Å². The molecule has 1 saturated heterocycles. The van der Waals surface area contributed by atoms with Gasteiger partial charge in [0.15, 0.2) is 5.82 Å². The van der Waals surface area contributed by atoms with Gasteiger partial charge in [0, 0.05) is 38.2 Å². The third kappa shape index (κ3) is 3.80. The van der Waals surface area contributed by atoms with E-state index in [0.717, 1.165) is 32.1 Å². The molecule has 1 amide bonds. The monoisotopic (exact) mass is 315 g/mol. The molecule has 0 bridgehead atoms. The highest BCUT2D eigenvalue weighted by atomic mass is 19.1. The molecule has 1 aliphatic rings. The number of aromatic nitrogens is 3. The standard InChI is InChI=1S/C16H18FN5O/c17-14-10-18-7-4-13(14)15(23)21-9-12-3-1-8-22(11-12)16-19-5-2-6-20-16/h2,4-7,10,12H,1,3,8-9,11H2,(H,21,23). The van der Waals surface area contributed by atoms with E-state index < -0.39 is 11.7 Å². The molecule has 1 N–H and O–H groups in total. The van der Waals surface area contributed by atoms with Crippen LogP contribution in [-0.4, -0.2) is 40.5 Å². The molecule has 1 unspecified atom stereocenters. The minimum absolute atomic E-state index is 0.0269. The molecule has 1 fully saturated rings. The molecule has 3 heterocycles. The van der Waals surface area contributed by atoms with Crippen LogP contribution >= 0.6 is 0 Å². The number of carbonyl (C=O) groups is 1. The minimum Gasteiger partial charge on any atom is -0.352 e. The van der Waals surface area contributed by atoms with E-state index >= 15 is 0 Å². The Balaban J connectivity index is 1.56. The van der Waals surface area contributed by atoms with Crippen molar-refractivity contribution in [3.63, 3.8) is 0 Å². The first-order chi connectivity index (χ1) is 11.2. The summed E-state index contributed by atoms with van der Waals surface area (Å²) in [7, 11) is 0. The molecule has 23 heavy (non-hydrogen) atoms. The zero-order chi connectivity index (χ0) is 16.1. The van der Waals surface area contributed by atoms with Crippen LogP contribution in [0.3, 0.4) is 0 Å². The number of nitrogens with one attached hydrogen (secondary N) is 1. The van der Waals surface area contributed by atoms with Gasteiger partial charge in [0.25, 0.3) is 5.91 Å². The second-order valence-electron chi connectivity index (χ2n) is 5.57. The fourth-order valence-corrected chi connectivity index (χ4v) is 2.76. The molecule has 0 spiro atoms. The normalized spacial score (nSPS) is 17.8. The van der Waals surface area contributed by atoms with Crippen LogP contribution in [0.4, 0.5) is 10.3 Å². The number of piperidine rings is 1. The maximum Gasteiger partial charge on any atom is 0.254 e. The van der Waals surface area contributed by atoms with E-state index in [4.69, 9.17) is 0 Å². The van der Waals surface area contributed by atoms with Gasteiger partial charge >= 0.3 is 0 Å². The Bertz CT molecular complexity index is 667. The molecule has 1 atom stereocenters. The number of rotatable bonds is 4. The second-order valence-corrected chi connectivity index (χ2v) is 5.57. The minimum atomic E-state index is -0.604. The van der Waals surface area contributed by atoms with E-state index in [9.17, 15) is 9.18 Å². The molecule has 6 nitrogen and oxygen atoms in total. The molecule has 1 aliphatic heterocycles. The summed E-state index contributed by atoms with van der Waals surface area (Å²) in [6.07, 6.45) is 7.93. The Morgan fingerprint density at radius 3 is 2.96 bits per heavy atom. The van der Waals surface area contributed by atoms with Gasteiger partial charge in [0.1, 0.15) is 0 Å².